The SMILES string of the molecule is C[C@H]1Sc2ncc(/C=C/c3ccc(O)cc3)c(=O)n2C1=O. The summed E-state index contributed by atoms with van der Waals surface area (Å²) in [5, 5.41) is 9.39. The first kappa shape index (κ1) is 13.6. The fraction of sp³-hybridized carbons (Fsp3) is 0.133. The molecule has 1 aromatic carbocycles. The molecule has 0 saturated heterocycles. The Kier molecular flexibility index (Phi) is 3.39. The third-order valence-electron chi connectivity index (χ3n) is 3.15. The van der Waals surface area contributed by atoms with Crippen molar-refractivity contribution in [2.75, 3.05) is 0 Å². The third-order valence-corrected chi connectivity index (χ3v) is 4.21. The van der Waals surface area contributed by atoms with Gasteiger partial charge in [-0.25, -0.2) is 9.55 Å². The second-order valence-corrected chi connectivity index (χ2v) is 5.97. The van der Waals surface area contributed by atoms with Gasteiger partial charge in [0, 0.05) is 6.20 Å². The summed E-state index contributed by atoms with van der Waals surface area (Å²) in [4.78, 5) is 28.4. The topological polar surface area (TPSA) is 72.2 Å². The van der Waals surface area contributed by atoms with Crippen LogP contribution >= 0.6 is 11.8 Å². The largest absolute Gasteiger partial charge is 0.508 e. The summed E-state index contributed by atoms with van der Waals surface area (Å²) in [5.74, 6) is -0.0459. The molecule has 21 heavy (non-hydrogen) atoms. The first-order valence-corrected chi connectivity index (χ1v) is 7.24. The van der Waals surface area contributed by atoms with Crippen LogP contribution in [0.15, 0.2) is 40.4 Å². The number of phenols is 1. The number of hydrogen-bond donors (Lipinski definition) is 1. The Morgan fingerprint density at radius 1 is 1.24 bits per heavy atom. The van der Waals surface area contributed by atoms with E-state index in [1.807, 2.05) is 0 Å². The van der Waals surface area contributed by atoms with Gasteiger partial charge < -0.3 is 5.11 Å². The standard InChI is InChI=1S/C15H12N2O3S/c1-9-13(19)17-14(20)11(8-16-15(17)21-9)5-2-10-3-6-12(18)7-4-10/h2-9,18H,1H3/b5-2+/t9-/m1/s1. The minimum atomic E-state index is -0.350. The smallest absolute Gasteiger partial charge is 0.268 e. The van der Waals surface area contributed by atoms with E-state index in [0.29, 0.717) is 10.7 Å². The van der Waals surface area contributed by atoms with Gasteiger partial charge in [0.2, 0.25) is 5.91 Å². The van der Waals surface area contributed by atoms with Crippen molar-refractivity contribution in [1.29, 1.82) is 0 Å². The first-order valence-electron chi connectivity index (χ1n) is 6.36. The van der Waals surface area contributed by atoms with Gasteiger partial charge in [0.1, 0.15) is 5.75 Å². The number of carbonyl (C=O) groups excluding carboxylic acids is 1. The molecule has 0 fully saturated rings. The van der Waals surface area contributed by atoms with Crippen LogP contribution in [-0.2, 0) is 0 Å². The van der Waals surface area contributed by atoms with E-state index in [-0.39, 0.29) is 22.5 Å². The second-order valence-electron chi connectivity index (χ2n) is 4.66. The molecule has 0 amide bonds. The number of carbonyl (C=O) groups is 1. The van der Waals surface area contributed by atoms with Gasteiger partial charge in [0.25, 0.3) is 5.56 Å². The lowest BCUT2D eigenvalue weighted by Gasteiger charge is -2.00. The van der Waals surface area contributed by atoms with E-state index in [0.717, 1.165) is 10.1 Å². The van der Waals surface area contributed by atoms with Crippen LogP contribution in [0.5, 0.6) is 5.75 Å². The molecule has 0 aliphatic carbocycles. The van der Waals surface area contributed by atoms with Gasteiger partial charge in [-0.15, -0.1) is 0 Å². The minimum Gasteiger partial charge on any atom is -0.508 e. The average molecular weight is 300 g/mol. The molecule has 0 spiro atoms. The molecule has 1 N–H and O–H groups in total. The van der Waals surface area contributed by atoms with E-state index in [1.54, 1.807) is 43.3 Å². The van der Waals surface area contributed by atoms with E-state index < -0.39 is 0 Å². The fourth-order valence-electron chi connectivity index (χ4n) is 2.01. The number of fused-ring (bicyclic) bond motifs is 1. The average Bonchev–Trinajstić information content (AvgIpc) is 2.76. The summed E-state index contributed by atoms with van der Waals surface area (Å²) >= 11 is 1.29. The van der Waals surface area contributed by atoms with Crippen molar-refractivity contribution in [3.8, 4) is 5.75 Å². The third kappa shape index (κ3) is 2.50. The molecule has 2 heterocycles. The van der Waals surface area contributed by atoms with Crippen LogP contribution < -0.4 is 5.56 Å². The number of aromatic nitrogens is 2. The molecule has 0 bridgehead atoms. The van der Waals surface area contributed by atoms with Gasteiger partial charge >= 0.3 is 0 Å². The Morgan fingerprint density at radius 2 is 1.95 bits per heavy atom. The van der Waals surface area contributed by atoms with E-state index in [1.165, 1.54) is 18.0 Å². The molecule has 1 aliphatic heterocycles. The zero-order valence-electron chi connectivity index (χ0n) is 11.2. The predicted molar refractivity (Wildman–Crippen MR) is 81.5 cm³/mol. The molecule has 6 heteroatoms. The van der Waals surface area contributed by atoms with Crippen molar-refractivity contribution in [2.45, 2.75) is 17.3 Å². The number of nitrogens with zero attached hydrogens (tertiary/aromatic N) is 2. The summed E-state index contributed by atoms with van der Waals surface area (Å²) in [6, 6.07) is 6.59. The van der Waals surface area contributed by atoms with Crippen LogP contribution in [0.25, 0.3) is 12.2 Å². The molecule has 1 aliphatic rings. The maximum Gasteiger partial charge on any atom is 0.268 e. The highest BCUT2D eigenvalue weighted by Crippen LogP contribution is 2.28. The summed E-state index contributed by atoms with van der Waals surface area (Å²) in [6.07, 6.45) is 4.83. The van der Waals surface area contributed by atoms with Gasteiger partial charge in [-0.3, -0.25) is 9.59 Å². The first-order chi connectivity index (χ1) is 10.1. The van der Waals surface area contributed by atoms with E-state index in [2.05, 4.69) is 4.98 Å². The molecule has 0 radical (unpaired) electrons. The number of benzene rings is 1. The Hall–Kier alpha value is -2.34. The molecule has 2 aromatic rings. The quantitative estimate of drug-likeness (QED) is 0.861. The number of hydrogen-bond acceptors (Lipinski definition) is 5. The Balaban J connectivity index is 1.96. The van der Waals surface area contributed by atoms with Crippen molar-refractivity contribution in [2.24, 2.45) is 0 Å². The highest BCUT2D eigenvalue weighted by Gasteiger charge is 2.30. The summed E-state index contributed by atoms with van der Waals surface area (Å²) < 4.78 is 1.13. The van der Waals surface area contributed by atoms with Crippen molar-refractivity contribution < 1.29 is 9.90 Å². The zero-order chi connectivity index (χ0) is 15.0. The Bertz CT molecular complexity index is 794. The highest BCUT2D eigenvalue weighted by atomic mass is 32.2. The highest BCUT2D eigenvalue weighted by molar-refractivity contribution is 8.00. The summed E-state index contributed by atoms with van der Waals surface area (Å²) in [7, 11) is 0. The lowest BCUT2D eigenvalue weighted by molar-refractivity contribution is 0.0908. The van der Waals surface area contributed by atoms with Crippen molar-refractivity contribution in [1.82, 2.24) is 9.55 Å². The van der Waals surface area contributed by atoms with Crippen molar-refractivity contribution >= 4 is 29.8 Å². The van der Waals surface area contributed by atoms with E-state index in [4.69, 9.17) is 0 Å². The lowest BCUT2D eigenvalue weighted by atomic mass is 10.2. The zero-order valence-corrected chi connectivity index (χ0v) is 12.0. The monoisotopic (exact) mass is 300 g/mol. The van der Waals surface area contributed by atoms with Gasteiger partial charge in [0.05, 0.1) is 10.8 Å². The molecular formula is C15H12N2O3S. The maximum atomic E-state index is 12.3. The Morgan fingerprint density at radius 3 is 2.67 bits per heavy atom. The molecule has 0 unspecified atom stereocenters. The summed E-state index contributed by atoms with van der Waals surface area (Å²) in [6.45, 7) is 1.76. The minimum absolute atomic E-state index is 0.183. The van der Waals surface area contributed by atoms with Crippen LogP contribution in [-0.4, -0.2) is 25.8 Å². The molecule has 3 rings (SSSR count). The number of phenolic OH excluding ortho intramolecular Hbond substituents is 1. The molecule has 0 saturated carbocycles. The summed E-state index contributed by atoms with van der Waals surface area (Å²) in [5.41, 5.74) is 0.846. The molecule has 5 nitrogen and oxygen atoms in total. The molecule has 1 aromatic heterocycles. The molecule has 106 valence electrons. The number of rotatable bonds is 2. The lowest BCUT2D eigenvalue weighted by Crippen LogP contribution is -2.29. The van der Waals surface area contributed by atoms with Crippen LogP contribution in [0.4, 0.5) is 0 Å². The predicted octanol–water partition coefficient (Wildman–Crippen LogP) is 2.25. The van der Waals surface area contributed by atoms with Crippen molar-refractivity contribution in [3.05, 3.63) is 51.9 Å². The van der Waals surface area contributed by atoms with Gasteiger partial charge in [-0.1, -0.05) is 30.0 Å². The maximum absolute atomic E-state index is 12.3. The van der Waals surface area contributed by atoms with Crippen LogP contribution in [0.3, 0.4) is 0 Å². The molecule has 1 atom stereocenters. The van der Waals surface area contributed by atoms with Crippen LogP contribution in [0.1, 0.15) is 22.8 Å². The van der Waals surface area contributed by atoms with Crippen LogP contribution in [0.2, 0.25) is 0 Å². The van der Waals surface area contributed by atoms with Gasteiger partial charge in [-0.05, 0) is 30.7 Å². The fourth-order valence-corrected chi connectivity index (χ4v) is 2.92. The van der Waals surface area contributed by atoms with Gasteiger partial charge in [0.15, 0.2) is 5.16 Å². The molecular weight excluding hydrogens is 288 g/mol. The normalized spacial score (nSPS) is 17.4. The van der Waals surface area contributed by atoms with Crippen LogP contribution in [0, 0.1) is 0 Å². The Labute approximate surface area is 125 Å². The number of aromatic hydroxyl groups is 1. The van der Waals surface area contributed by atoms with Crippen molar-refractivity contribution in [3.63, 3.8) is 0 Å². The van der Waals surface area contributed by atoms with E-state index >= 15 is 0 Å². The van der Waals surface area contributed by atoms with Gasteiger partial charge in [-0.2, -0.15) is 0 Å². The van der Waals surface area contributed by atoms with E-state index in [9.17, 15) is 14.7 Å². The number of thioether (sulfide) groups is 1. The second kappa shape index (κ2) is 5.21.